The maximum Gasteiger partial charge on any atom is 0.264 e. The third-order valence-corrected chi connectivity index (χ3v) is 8.25. The van der Waals surface area contributed by atoms with E-state index in [1.807, 2.05) is 6.92 Å². The first-order valence-electron chi connectivity index (χ1n) is 11.3. The Balaban J connectivity index is 1.57. The lowest BCUT2D eigenvalue weighted by Gasteiger charge is -2.24. The van der Waals surface area contributed by atoms with E-state index in [9.17, 15) is 18.0 Å². The summed E-state index contributed by atoms with van der Waals surface area (Å²) in [5.74, 6) is 0.0697. The van der Waals surface area contributed by atoms with E-state index < -0.39 is 22.5 Å². The zero-order valence-electron chi connectivity index (χ0n) is 19.9. The summed E-state index contributed by atoms with van der Waals surface area (Å²) < 4.78 is 34.0. The normalized spacial score (nSPS) is 13.5. The average Bonchev–Trinajstić information content (AvgIpc) is 3.29. The largest absolute Gasteiger partial charge is 0.496 e. The van der Waals surface area contributed by atoms with Crippen molar-refractivity contribution in [1.82, 2.24) is 0 Å². The zero-order valence-corrected chi connectivity index (χ0v) is 22.3. The van der Waals surface area contributed by atoms with Gasteiger partial charge in [-0.2, -0.15) is 0 Å². The summed E-state index contributed by atoms with van der Waals surface area (Å²) in [5.41, 5.74) is 2.60. The molecule has 3 aromatic rings. The number of amides is 2. The van der Waals surface area contributed by atoms with Crippen LogP contribution in [0.2, 0.25) is 0 Å². The standard InChI is InChI=1S/C26H26BrN3O5S/c1-18-5-9-21(10-6-18)30(36(33,34)22-13-14-24(35-2)23(27)16-22)17-25(31)28-19-7-11-20(12-8-19)29-15-3-4-26(29)32/h5-14,16H,3-4,15,17H2,1-2H3,(H,28,31). The van der Waals surface area contributed by atoms with Gasteiger partial charge in [-0.05, 0) is 83.9 Å². The Morgan fingerprint density at radius 3 is 2.36 bits per heavy atom. The molecule has 0 unspecified atom stereocenters. The van der Waals surface area contributed by atoms with Crippen LogP contribution in [0.15, 0.2) is 76.1 Å². The predicted octanol–water partition coefficient (Wildman–Crippen LogP) is 4.73. The number of carbonyl (C=O) groups excluding carboxylic acids is 2. The Morgan fingerprint density at radius 1 is 1.08 bits per heavy atom. The minimum absolute atomic E-state index is 0.0168. The number of anilines is 3. The summed E-state index contributed by atoms with van der Waals surface area (Å²) in [7, 11) is -2.59. The van der Waals surface area contributed by atoms with Gasteiger partial charge in [-0.15, -0.1) is 0 Å². The van der Waals surface area contributed by atoms with E-state index in [2.05, 4.69) is 21.2 Å². The molecule has 0 atom stereocenters. The van der Waals surface area contributed by atoms with Crippen LogP contribution in [0.3, 0.4) is 0 Å². The molecule has 2 amide bonds. The second kappa shape index (κ2) is 10.7. The number of benzene rings is 3. The zero-order chi connectivity index (χ0) is 25.9. The van der Waals surface area contributed by atoms with Crippen LogP contribution < -0.4 is 19.3 Å². The summed E-state index contributed by atoms with van der Waals surface area (Å²) in [6, 6.07) is 18.3. The summed E-state index contributed by atoms with van der Waals surface area (Å²) in [5, 5.41) is 2.76. The first kappa shape index (κ1) is 25.7. The van der Waals surface area contributed by atoms with Crippen molar-refractivity contribution >= 4 is 54.8 Å². The molecule has 36 heavy (non-hydrogen) atoms. The molecular formula is C26H26BrN3O5S. The molecule has 1 aliphatic heterocycles. The predicted molar refractivity (Wildman–Crippen MR) is 143 cm³/mol. The minimum Gasteiger partial charge on any atom is -0.496 e. The summed E-state index contributed by atoms with van der Waals surface area (Å²) in [4.78, 5) is 26.7. The number of rotatable bonds is 8. The topological polar surface area (TPSA) is 96.0 Å². The van der Waals surface area contributed by atoms with E-state index in [-0.39, 0.29) is 10.8 Å². The Morgan fingerprint density at radius 2 is 1.78 bits per heavy atom. The molecule has 1 N–H and O–H groups in total. The van der Waals surface area contributed by atoms with E-state index in [4.69, 9.17) is 4.74 Å². The molecule has 1 heterocycles. The number of nitrogens with zero attached hydrogens (tertiary/aromatic N) is 2. The van der Waals surface area contributed by atoms with Crippen molar-refractivity contribution in [2.24, 2.45) is 0 Å². The lowest BCUT2D eigenvalue weighted by atomic mass is 10.2. The molecule has 0 aliphatic carbocycles. The fourth-order valence-corrected chi connectivity index (χ4v) is 6.08. The molecule has 1 saturated heterocycles. The second-order valence-electron chi connectivity index (χ2n) is 8.39. The number of nitrogens with one attached hydrogen (secondary N) is 1. The van der Waals surface area contributed by atoms with Crippen molar-refractivity contribution in [3.05, 3.63) is 76.8 Å². The molecule has 0 saturated carbocycles. The third-order valence-electron chi connectivity index (χ3n) is 5.86. The summed E-state index contributed by atoms with van der Waals surface area (Å²) in [6.45, 7) is 2.14. The van der Waals surface area contributed by atoms with Crippen molar-refractivity contribution in [3.8, 4) is 5.75 Å². The number of hydrogen-bond donors (Lipinski definition) is 1. The molecule has 188 valence electrons. The highest BCUT2D eigenvalue weighted by Gasteiger charge is 2.28. The Bertz CT molecular complexity index is 1380. The van der Waals surface area contributed by atoms with Crippen LogP contribution in [0, 0.1) is 6.92 Å². The lowest BCUT2D eigenvalue weighted by molar-refractivity contribution is -0.117. The number of hydrogen-bond acceptors (Lipinski definition) is 5. The van der Waals surface area contributed by atoms with Crippen LogP contribution in [0.25, 0.3) is 0 Å². The number of methoxy groups -OCH3 is 1. The maximum absolute atomic E-state index is 13.6. The van der Waals surface area contributed by atoms with E-state index >= 15 is 0 Å². The van der Waals surface area contributed by atoms with Gasteiger partial charge in [0.15, 0.2) is 0 Å². The Labute approximate surface area is 219 Å². The van der Waals surface area contributed by atoms with E-state index in [1.165, 1.54) is 19.2 Å². The van der Waals surface area contributed by atoms with Crippen LogP contribution in [0.1, 0.15) is 18.4 Å². The lowest BCUT2D eigenvalue weighted by Crippen LogP contribution is -2.38. The van der Waals surface area contributed by atoms with Gasteiger partial charge in [0, 0.05) is 24.3 Å². The van der Waals surface area contributed by atoms with E-state index in [0.717, 1.165) is 22.0 Å². The summed E-state index contributed by atoms with van der Waals surface area (Å²) in [6.07, 6.45) is 1.36. The highest BCUT2D eigenvalue weighted by atomic mass is 79.9. The van der Waals surface area contributed by atoms with Gasteiger partial charge >= 0.3 is 0 Å². The number of ether oxygens (including phenoxy) is 1. The molecule has 0 spiro atoms. The number of sulfonamides is 1. The van der Waals surface area contributed by atoms with Gasteiger partial charge in [0.05, 0.1) is 22.2 Å². The monoisotopic (exact) mass is 571 g/mol. The van der Waals surface area contributed by atoms with Crippen molar-refractivity contribution in [2.75, 3.05) is 34.7 Å². The van der Waals surface area contributed by atoms with Crippen molar-refractivity contribution in [2.45, 2.75) is 24.7 Å². The van der Waals surface area contributed by atoms with Crippen LogP contribution >= 0.6 is 15.9 Å². The highest BCUT2D eigenvalue weighted by molar-refractivity contribution is 9.10. The van der Waals surface area contributed by atoms with Gasteiger partial charge in [-0.25, -0.2) is 8.42 Å². The SMILES string of the molecule is COc1ccc(S(=O)(=O)N(CC(=O)Nc2ccc(N3CCCC3=O)cc2)c2ccc(C)cc2)cc1Br. The average molecular weight is 572 g/mol. The van der Waals surface area contributed by atoms with Gasteiger partial charge < -0.3 is 15.0 Å². The molecule has 0 bridgehead atoms. The Kier molecular flexibility index (Phi) is 7.65. The van der Waals surface area contributed by atoms with Crippen LogP contribution in [-0.4, -0.2) is 40.4 Å². The highest BCUT2D eigenvalue weighted by Crippen LogP contribution is 2.31. The van der Waals surface area contributed by atoms with E-state index in [1.54, 1.807) is 59.5 Å². The molecule has 1 aliphatic rings. The first-order chi connectivity index (χ1) is 17.2. The fourth-order valence-electron chi connectivity index (χ4n) is 3.94. The van der Waals surface area contributed by atoms with Gasteiger partial charge in [0.25, 0.3) is 10.0 Å². The molecule has 10 heteroatoms. The molecular weight excluding hydrogens is 546 g/mol. The first-order valence-corrected chi connectivity index (χ1v) is 13.6. The third kappa shape index (κ3) is 5.55. The Hall–Kier alpha value is -3.37. The number of aryl methyl sites for hydroxylation is 1. The molecule has 0 radical (unpaired) electrons. The smallest absolute Gasteiger partial charge is 0.264 e. The van der Waals surface area contributed by atoms with Crippen LogP contribution in [0.4, 0.5) is 17.1 Å². The molecule has 3 aromatic carbocycles. The number of carbonyl (C=O) groups is 2. The molecule has 0 aromatic heterocycles. The maximum atomic E-state index is 13.6. The number of halogens is 1. The summed E-state index contributed by atoms with van der Waals surface area (Å²) >= 11 is 3.33. The van der Waals surface area contributed by atoms with Gasteiger partial charge in [0.1, 0.15) is 12.3 Å². The van der Waals surface area contributed by atoms with Gasteiger partial charge in [0.2, 0.25) is 11.8 Å². The molecule has 8 nitrogen and oxygen atoms in total. The minimum atomic E-state index is -4.08. The van der Waals surface area contributed by atoms with E-state index in [0.29, 0.717) is 34.6 Å². The second-order valence-corrected chi connectivity index (χ2v) is 11.1. The van der Waals surface area contributed by atoms with Crippen LogP contribution in [-0.2, 0) is 19.6 Å². The molecule has 4 rings (SSSR count). The van der Waals surface area contributed by atoms with Crippen LogP contribution in [0.5, 0.6) is 5.75 Å². The van der Waals surface area contributed by atoms with Gasteiger partial charge in [-0.3, -0.25) is 13.9 Å². The fraction of sp³-hybridized carbons (Fsp3) is 0.231. The van der Waals surface area contributed by atoms with Crippen molar-refractivity contribution < 1.29 is 22.7 Å². The molecule has 1 fully saturated rings. The quantitative estimate of drug-likeness (QED) is 0.421. The van der Waals surface area contributed by atoms with Crippen molar-refractivity contribution in [3.63, 3.8) is 0 Å². The van der Waals surface area contributed by atoms with Gasteiger partial charge in [-0.1, -0.05) is 17.7 Å². The van der Waals surface area contributed by atoms with Crippen molar-refractivity contribution in [1.29, 1.82) is 0 Å².